The van der Waals surface area contributed by atoms with Crippen LogP contribution in [0.3, 0.4) is 0 Å². The topological polar surface area (TPSA) is 103 Å². The van der Waals surface area contributed by atoms with Crippen molar-refractivity contribution >= 4 is 37.8 Å². The van der Waals surface area contributed by atoms with Crippen LogP contribution >= 0.6 is 15.9 Å². The van der Waals surface area contributed by atoms with Crippen molar-refractivity contribution in [3.05, 3.63) is 52.0 Å². The van der Waals surface area contributed by atoms with Crippen LogP contribution in [0.5, 0.6) is 11.5 Å². The van der Waals surface area contributed by atoms with Crippen molar-refractivity contribution in [2.75, 3.05) is 19.8 Å². The Kier molecular flexibility index (Phi) is 5.96. The van der Waals surface area contributed by atoms with Gasteiger partial charge in [0.05, 0.1) is 4.90 Å². The maximum absolute atomic E-state index is 12.1. The monoisotopic (exact) mass is 494 g/mol. The molecule has 1 N–H and O–H groups in total. The van der Waals surface area contributed by atoms with E-state index < -0.39 is 10.0 Å². The van der Waals surface area contributed by atoms with E-state index >= 15 is 0 Å². The summed E-state index contributed by atoms with van der Waals surface area (Å²) in [6.45, 7) is 1.40. The summed E-state index contributed by atoms with van der Waals surface area (Å²) in [5.74, 6) is 1.24. The molecule has 0 saturated heterocycles. The summed E-state index contributed by atoms with van der Waals surface area (Å²) in [6.07, 6.45) is 0.613. The predicted octanol–water partition coefficient (Wildman–Crippen LogP) is 2.78. The normalized spacial score (nSPS) is 17.3. The van der Waals surface area contributed by atoms with Gasteiger partial charge in [-0.2, -0.15) is 0 Å². The molecule has 0 saturated carbocycles. The highest BCUT2D eigenvalue weighted by molar-refractivity contribution is 9.10. The van der Waals surface area contributed by atoms with E-state index in [-0.39, 0.29) is 23.9 Å². The third-order valence-electron chi connectivity index (χ3n) is 4.57. The molecule has 2 aromatic carbocycles. The number of hydrogen-bond donors (Lipinski definition) is 1. The average molecular weight is 495 g/mol. The molecular formula is C20H19BrN2O6S. The van der Waals surface area contributed by atoms with Crippen molar-refractivity contribution < 1.29 is 27.4 Å². The van der Waals surface area contributed by atoms with Gasteiger partial charge >= 0.3 is 5.97 Å². The molecule has 0 aliphatic carbocycles. The van der Waals surface area contributed by atoms with Crippen LogP contribution in [0.2, 0.25) is 0 Å². The lowest BCUT2D eigenvalue weighted by Crippen LogP contribution is -2.22. The lowest BCUT2D eigenvalue weighted by atomic mass is 10.2. The van der Waals surface area contributed by atoms with Crippen molar-refractivity contribution in [1.29, 1.82) is 0 Å². The third kappa shape index (κ3) is 4.44. The molecule has 2 heterocycles. The van der Waals surface area contributed by atoms with E-state index in [9.17, 15) is 13.2 Å². The van der Waals surface area contributed by atoms with E-state index in [4.69, 9.17) is 14.2 Å². The molecule has 4 rings (SSSR count). The summed E-state index contributed by atoms with van der Waals surface area (Å²) in [5.41, 5.74) is 1.33. The first kappa shape index (κ1) is 20.7. The summed E-state index contributed by atoms with van der Waals surface area (Å²) in [6, 6.07) is 10.2. The van der Waals surface area contributed by atoms with Gasteiger partial charge in [0.2, 0.25) is 0 Å². The molecule has 0 amide bonds. The van der Waals surface area contributed by atoms with Crippen LogP contribution < -0.4 is 14.2 Å². The summed E-state index contributed by atoms with van der Waals surface area (Å²) >= 11 is 3.45. The number of sulfonamides is 1. The Labute approximate surface area is 182 Å². The van der Waals surface area contributed by atoms with Crippen molar-refractivity contribution in [1.82, 2.24) is 4.72 Å². The average Bonchev–Trinajstić information content (AvgIpc) is 3.00. The van der Waals surface area contributed by atoms with Gasteiger partial charge < -0.3 is 14.2 Å². The van der Waals surface area contributed by atoms with Gasteiger partial charge in [-0.25, -0.2) is 8.42 Å². The van der Waals surface area contributed by atoms with Crippen LogP contribution in [0.25, 0.3) is 0 Å². The number of carbonyl (C=O) groups is 1. The maximum Gasteiger partial charge on any atom is 0.306 e. The minimum atomic E-state index is -3.55. The zero-order valence-corrected chi connectivity index (χ0v) is 18.3. The number of nitrogens with one attached hydrogen (secondary N) is 1. The Balaban J connectivity index is 1.28. The first-order chi connectivity index (χ1) is 14.4. The summed E-state index contributed by atoms with van der Waals surface area (Å²) in [7, 11) is -3.55. The van der Waals surface area contributed by atoms with Crippen LogP contribution in [-0.2, 0) is 26.2 Å². The number of aliphatic imine (C=N–C) groups is 1. The second kappa shape index (κ2) is 8.65. The number of esters is 1. The number of nitrogens with zero attached hydrogens (tertiary/aromatic N) is 1. The van der Waals surface area contributed by atoms with E-state index in [0.29, 0.717) is 49.1 Å². The number of hydrogen-bond acceptors (Lipinski definition) is 7. The summed E-state index contributed by atoms with van der Waals surface area (Å²) < 4.78 is 43.7. The number of carbonyl (C=O) groups excluding carboxylic acids is 1. The van der Waals surface area contributed by atoms with Gasteiger partial charge in [0, 0.05) is 28.6 Å². The largest absolute Gasteiger partial charge is 0.486 e. The molecule has 2 aliphatic rings. The first-order valence-corrected chi connectivity index (χ1v) is 11.6. The number of benzene rings is 2. The Morgan fingerprint density at radius 1 is 1.17 bits per heavy atom. The van der Waals surface area contributed by atoms with E-state index in [0.717, 1.165) is 10.0 Å². The van der Waals surface area contributed by atoms with Crippen LogP contribution in [-0.4, -0.2) is 40.0 Å². The van der Waals surface area contributed by atoms with Crippen molar-refractivity contribution in [2.45, 2.75) is 24.3 Å². The standard InChI is InChI=1S/C20H19BrN2O6S/c21-15-11-17-16(27-8-9-28-17)10-13(15)12-29-19(24)6-3-7-22-20-14-4-1-2-5-18(14)30(25,26)23-20/h1-2,4-5,10-11H,3,6-9,12H2,(H,22,23). The fraction of sp³-hybridized carbons (Fsp3) is 0.300. The molecule has 0 aromatic heterocycles. The second-order valence-electron chi connectivity index (χ2n) is 6.68. The predicted molar refractivity (Wildman–Crippen MR) is 112 cm³/mol. The molecule has 0 unspecified atom stereocenters. The summed E-state index contributed by atoms with van der Waals surface area (Å²) in [4.78, 5) is 16.6. The molecule has 158 valence electrons. The number of ether oxygens (including phenoxy) is 3. The molecular weight excluding hydrogens is 476 g/mol. The maximum atomic E-state index is 12.1. The van der Waals surface area contributed by atoms with E-state index in [1.165, 1.54) is 6.07 Å². The second-order valence-corrected chi connectivity index (χ2v) is 9.19. The summed E-state index contributed by atoms with van der Waals surface area (Å²) in [5, 5.41) is 0. The SMILES string of the molecule is O=C(CCCN=C1NS(=O)(=O)c2ccccc21)OCc1cc2c(cc1Br)OCCO2. The molecule has 8 nitrogen and oxygen atoms in total. The first-order valence-electron chi connectivity index (χ1n) is 9.34. The van der Waals surface area contributed by atoms with Gasteiger partial charge in [0.25, 0.3) is 10.0 Å². The van der Waals surface area contributed by atoms with Crippen molar-refractivity contribution in [3.8, 4) is 11.5 Å². The minimum Gasteiger partial charge on any atom is -0.486 e. The minimum absolute atomic E-state index is 0.109. The molecule has 0 fully saturated rings. The van der Waals surface area contributed by atoms with Gasteiger partial charge in [-0.05, 0) is 30.7 Å². The van der Waals surface area contributed by atoms with Crippen molar-refractivity contribution in [3.63, 3.8) is 0 Å². The fourth-order valence-corrected chi connectivity index (χ4v) is 4.80. The molecule has 2 aromatic rings. The molecule has 30 heavy (non-hydrogen) atoms. The molecule has 2 aliphatic heterocycles. The number of rotatable bonds is 6. The van der Waals surface area contributed by atoms with Crippen LogP contribution in [0.4, 0.5) is 0 Å². The fourth-order valence-electron chi connectivity index (χ4n) is 3.11. The van der Waals surface area contributed by atoms with E-state index in [2.05, 4.69) is 25.6 Å². The van der Waals surface area contributed by atoms with E-state index in [1.54, 1.807) is 30.3 Å². The van der Waals surface area contributed by atoms with Gasteiger partial charge in [-0.3, -0.25) is 14.5 Å². The molecule has 0 radical (unpaired) electrons. The molecule has 0 atom stereocenters. The van der Waals surface area contributed by atoms with Crippen molar-refractivity contribution in [2.24, 2.45) is 4.99 Å². The molecule has 0 spiro atoms. The quantitative estimate of drug-likeness (QED) is 0.489. The number of halogens is 1. The lowest BCUT2D eigenvalue weighted by molar-refractivity contribution is -0.145. The van der Waals surface area contributed by atoms with E-state index in [1.807, 2.05) is 0 Å². The molecule has 10 heteroatoms. The number of amidine groups is 1. The van der Waals surface area contributed by atoms with Crippen LogP contribution in [0.15, 0.2) is 50.8 Å². The highest BCUT2D eigenvalue weighted by Crippen LogP contribution is 2.35. The Bertz CT molecular complexity index is 1120. The molecule has 0 bridgehead atoms. The van der Waals surface area contributed by atoms with Gasteiger partial charge in [0.1, 0.15) is 25.7 Å². The Morgan fingerprint density at radius 3 is 2.70 bits per heavy atom. The highest BCUT2D eigenvalue weighted by atomic mass is 79.9. The van der Waals surface area contributed by atoms with Gasteiger partial charge in [0.15, 0.2) is 11.5 Å². The van der Waals surface area contributed by atoms with Gasteiger partial charge in [-0.15, -0.1) is 0 Å². The Hall–Kier alpha value is -2.59. The van der Waals surface area contributed by atoms with Crippen LogP contribution in [0, 0.1) is 0 Å². The number of fused-ring (bicyclic) bond motifs is 2. The van der Waals surface area contributed by atoms with Gasteiger partial charge in [-0.1, -0.05) is 28.1 Å². The van der Waals surface area contributed by atoms with Crippen LogP contribution in [0.1, 0.15) is 24.0 Å². The Morgan fingerprint density at radius 2 is 1.90 bits per heavy atom. The highest BCUT2D eigenvalue weighted by Gasteiger charge is 2.29. The zero-order valence-electron chi connectivity index (χ0n) is 15.9. The lowest BCUT2D eigenvalue weighted by Gasteiger charge is -2.19. The third-order valence-corrected chi connectivity index (χ3v) is 6.71. The smallest absolute Gasteiger partial charge is 0.306 e. The zero-order chi connectivity index (χ0) is 21.1.